The predicted octanol–water partition coefficient (Wildman–Crippen LogP) is 3.89. The standard InChI is InChI=1S/C17H18F6N2O4/c1-8(12(26)24-14(28)25-15(2,3)4)29-13(27)9-5-10(16(18,19)20)7-11(6-9)17(21,22)23/h5-8H,1-4H3,(H2,24,25,26,28). The van der Waals surface area contributed by atoms with E-state index < -0.39 is 58.6 Å². The highest BCUT2D eigenvalue weighted by Crippen LogP contribution is 2.36. The number of amides is 3. The third-order valence-electron chi connectivity index (χ3n) is 3.20. The van der Waals surface area contributed by atoms with E-state index in [4.69, 9.17) is 0 Å². The van der Waals surface area contributed by atoms with Crippen LogP contribution in [-0.4, -0.2) is 29.6 Å². The number of rotatable bonds is 3. The Kier molecular flexibility index (Phi) is 6.93. The average molecular weight is 428 g/mol. The van der Waals surface area contributed by atoms with Crippen LogP contribution < -0.4 is 10.6 Å². The maximum absolute atomic E-state index is 12.8. The minimum Gasteiger partial charge on any atom is -0.449 e. The van der Waals surface area contributed by atoms with Crippen LogP contribution in [-0.2, 0) is 21.9 Å². The van der Waals surface area contributed by atoms with Crippen LogP contribution in [0.5, 0.6) is 0 Å². The summed E-state index contributed by atoms with van der Waals surface area (Å²) in [6.45, 7) is 5.85. The van der Waals surface area contributed by atoms with Gasteiger partial charge in [0.05, 0.1) is 16.7 Å². The number of halogens is 6. The molecular weight excluding hydrogens is 410 g/mol. The molecule has 0 radical (unpaired) electrons. The molecule has 1 aromatic rings. The zero-order chi connectivity index (χ0) is 22.8. The van der Waals surface area contributed by atoms with Crippen molar-refractivity contribution in [3.8, 4) is 0 Å². The molecule has 0 spiro atoms. The normalized spacial score (nSPS) is 13.4. The van der Waals surface area contributed by atoms with Gasteiger partial charge in [0.25, 0.3) is 5.91 Å². The molecule has 1 aromatic carbocycles. The summed E-state index contributed by atoms with van der Waals surface area (Å²) in [4.78, 5) is 35.5. The molecule has 162 valence electrons. The van der Waals surface area contributed by atoms with Gasteiger partial charge in [0.1, 0.15) is 0 Å². The Hall–Kier alpha value is -2.79. The smallest absolute Gasteiger partial charge is 0.416 e. The number of carbonyl (C=O) groups is 3. The van der Waals surface area contributed by atoms with Crippen LogP contribution in [0.4, 0.5) is 31.1 Å². The lowest BCUT2D eigenvalue weighted by Crippen LogP contribution is -2.50. The number of nitrogens with one attached hydrogen (secondary N) is 2. The number of imide groups is 1. The van der Waals surface area contributed by atoms with Gasteiger partial charge in [0, 0.05) is 5.54 Å². The Labute approximate surface area is 161 Å². The molecule has 0 aromatic heterocycles. The minimum absolute atomic E-state index is 0.149. The summed E-state index contributed by atoms with van der Waals surface area (Å²) in [5.41, 5.74) is -5.16. The monoisotopic (exact) mass is 428 g/mol. The van der Waals surface area contributed by atoms with Crippen molar-refractivity contribution < 1.29 is 45.5 Å². The maximum Gasteiger partial charge on any atom is 0.416 e. The molecule has 0 bridgehead atoms. The van der Waals surface area contributed by atoms with Crippen LogP contribution >= 0.6 is 0 Å². The van der Waals surface area contributed by atoms with Crippen LogP contribution in [0.15, 0.2) is 18.2 Å². The summed E-state index contributed by atoms with van der Waals surface area (Å²) in [6, 6.07) is -0.726. The molecule has 6 nitrogen and oxygen atoms in total. The van der Waals surface area contributed by atoms with Crippen molar-refractivity contribution in [2.75, 3.05) is 0 Å². The van der Waals surface area contributed by atoms with Crippen molar-refractivity contribution in [3.05, 3.63) is 34.9 Å². The molecule has 12 heteroatoms. The van der Waals surface area contributed by atoms with Gasteiger partial charge in [-0.25, -0.2) is 9.59 Å². The fourth-order valence-electron chi connectivity index (χ4n) is 1.94. The Morgan fingerprint density at radius 1 is 0.897 bits per heavy atom. The van der Waals surface area contributed by atoms with E-state index in [1.807, 2.05) is 5.32 Å². The van der Waals surface area contributed by atoms with Crippen molar-refractivity contribution in [1.82, 2.24) is 10.6 Å². The molecule has 2 N–H and O–H groups in total. The highest BCUT2D eigenvalue weighted by atomic mass is 19.4. The van der Waals surface area contributed by atoms with Gasteiger partial charge in [-0.2, -0.15) is 26.3 Å². The van der Waals surface area contributed by atoms with Crippen molar-refractivity contribution in [2.45, 2.75) is 51.7 Å². The first-order valence-corrected chi connectivity index (χ1v) is 8.03. The van der Waals surface area contributed by atoms with Crippen LogP contribution in [0.2, 0.25) is 0 Å². The van der Waals surface area contributed by atoms with Crippen molar-refractivity contribution >= 4 is 17.9 Å². The Morgan fingerprint density at radius 2 is 1.34 bits per heavy atom. The first-order valence-electron chi connectivity index (χ1n) is 8.03. The Balaban J connectivity index is 3.01. The van der Waals surface area contributed by atoms with Gasteiger partial charge in [-0.3, -0.25) is 10.1 Å². The second kappa shape index (κ2) is 8.29. The summed E-state index contributed by atoms with van der Waals surface area (Å²) in [5, 5.41) is 4.21. The van der Waals surface area contributed by atoms with E-state index in [-0.39, 0.29) is 18.2 Å². The molecule has 29 heavy (non-hydrogen) atoms. The van der Waals surface area contributed by atoms with E-state index in [2.05, 4.69) is 10.1 Å². The summed E-state index contributed by atoms with van der Waals surface area (Å²) < 4.78 is 81.6. The number of carbonyl (C=O) groups excluding carboxylic acids is 3. The van der Waals surface area contributed by atoms with Gasteiger partial charge >= 0.3 is 24.4 Å². The Bertz CT molecular complexity index is 764. The van der Waals surface area contributed by atoms with Gasteiger partial charge in [-0.1, -0.05) is 0 Å². The number of urea groups is 1. The maximum atomic E-state index is 12.8. The molecule has 1 atom stereocenters. The predicted molar refractivity (Wildman–Crippen MR) is 87.8 cm³/mol. The Morgan fingerprint density at radius 3 is 1.72 bits per heavy atom. The third-order valence-corrected chi connectivity index (χ3v) is 3.20. The highest BCUT2D eigenvalue weighted by Gasteiger charge is 2.38. The number of esters is 1. The zero-order valence-electron chi connectivity index (χ0n) is 15.7. The van der Waals surface area contributed by atoms with Crippen LogP contribution in [0.3, 0.4) is 0 Å². The number of hydrogen-bond donors (Lipinski definition) is 2. The molecule has 0 heterocycles. The second-order valence-electron chi connectivity index (χ2n) is 7.04. The largest absolute Gasteiger partial charge is 0.449 e. The lowest BCUT2D eigenvalue weighted by Gasteiger charge is -2.21. The van der Waals surface area contributed by atoms with Crippen molar-refractivity contribution in [1.29, 1.82) is 0 Å². The van der Waals surface area contributed by atoms with Gasteiger partial charge in [0.2, 0.25) is 0 Å². The average Bonchev–Trinajstić information content (AvgIpc) is 2.50. The van der Waals surface area contributed by atoms with Crippen LogP contribution in [0.1, 0.15) is 49.2 Å². The topological polar surface area (TPSA) is 84.5 Å². The third kappa shape index (κ3) is 7.62. The first kappa shape index (κ1) is 24.2. The van der Waals surface area contributed by atoms with E-state index in [1.54, 1.807) is 20.8 Å². The molecule has 1 unspecified atom stereocenters. The summed E-state index contributed by atoms with van der Waals surface area (Å²) in [7, 11) is 0. The molecule has 0 aliphatic carbocycles. The summed E-state index contributed by atoms with van der Waals surface area (Å²) in [6.07, 6.45) is -12.0. The van der Waals surface area contributed by atoms with E-state index >= 15 is 0 Å². The van der Waals surface area contributed by atoms with E-state index in [9.17, 15) is 40.7 Å². The van der Waals surface area contributed by atoms with Crippen LogP contribution in [0, 0.1) is 0 Å². The van der Waals surface area contributed by atoms with Gasteiger partial charge in [-0.15, -0.1) is 0 Å². The number of hydrogen-bond acceptors (Lipinski definition) is 4. The fourth-order valence-corrected chi connectivity index (χ4v) is 1.94. The molecule has 0 aliphatic heterocycles. The number of alkyl halides is 6. The molecule has 0 saturated carbocycles. The molecule has 0 saturated heterocycles. The SMILES string of the molecule is CC(OC(=O)c1cc(C(F)(F)F)cc(C(F)(F)F)c1)C(=O)NC(=O)NC(C)(C)C. The molecule has 1 rings (SSSR count). The second-order valence-corrected chi connectivity index (χ2v) is 7.04. The van der Waals surface area contributed by atoms with Crippen molar-refractivity contribution in [2.24, 2.45) is 0 Å². The van der Waals surface area contributed by atoms with E-state index in [0.29, 0.717) is 0 Å². The molecular formula is C17H18F6N2O4. The summed E-state index contributed by atoms with van der Waals surface area (Å²) >= 11 is 0. The molecule has 3 amide bonds. The lowest BCUT2D eigenvalue weighted by molar-refractivity contribution is -0.143. The molecule has 0 aliphatic rings. The lowest BCUT2D eigenvalue weighted by atomic mass is 10.0. The fraction of sp³-hybridized carbons (Fsp3) is 0.471. The summed E-state index contributed by atoms with van der Waals surface area (Å²) in [5.74, 6) is -2.72. The molecule has 0 fully saturated rings. The zero-order valence-corrected chi connectivity index (χ0v) is 15.7. The number of ether oxygens (including phenoxy) is 1. The van der Waals surface area contributed by atoms with Gasteiger partial charge < -0.3 is 10.1 Å². The van der Waals surface area contributed by atoms with E-state index in [0.717, 1.165) is 6.92 Å². The number of benzene rings is 1. The minimum atomic E-state index is -5.15. The van der Waals surface area contributed by atoms with E-state index in [1.165, 1.54) is 0 Å². The first-order chi connectivity index (χ1) is 12.9. The van der Waals surface area contributed by atoms with Gasteiger partial charge in [0.15, 0.2) is 6.10 Å². The highest BCUT2D eigenvalue weighted by molar-refractivity contribution is 5.98. The van der Waals surface area contributed by atoms with Crippen LogP contribution in [0.25, 0.3) is 0 Å². The van der Waals surface area contributed by atoms with Crippen molar-refractivity contribution in [3.63, 3.8) is 0 Å². The quantitative estimate of drug-likeness (QED) is 0.565. The van der Waals surface area contributed by atoms with Gasteiger partial charge in [-0.05, 0) is 45.9 Å².